The lowest BCUT2D eigenvalue weighted by molar-refractivity contribution is 0.414. The molecule has 25 heavy (non-hydrogen) atoms. The molecule has 0 fully saturated rings. The van der Waals surface area contributed by atoms with Gasteiger partial charge in [-0.25, -0.2) is 0 Å². The summed E-state index contributed by atoms with van der Waals surface area (Å²) >= 11 is 1.82. The Labute approximate surface area is 152 Å². The van der Waals surface area contributed by atoms with Gasteiger partial charge in [0, 0.05) is 22.5 Å². The molecular weight excluding hydrogens is 328 g/mol. The van der Waals surface area contributed by atoms with Crippen LogP contribution in [0.25, 0.3) is 0 Å². The minimum absolute atomic E-state index is 0.284. The topological polar surface area (TPSA) is 29.5 Å². The monoisotopic (exact) mass is 348 g/mol. The number of ether oxygens (including phenoxy) is 1. The maximum Gasteiger partial charge on any atom is 0.118 e. The summed E-state index contributed by atoms with van der Waals surface area (Å²) in [4.78, 5) is 1.18. The van der Waals surface area contributed by atoms with Crippen molar-refractivity contribution in [3.05, 3.63) is 89.5 Å². The van der Waals surface area contributed by atoms with Gasteiger partial charge >= 0.3 is 0 Å². The Hall–Kier alpha value is -2.39. The number of methoxy groups -OCH3 is 1. The minimum Gasteiger partial charge on any atom is -0.508 e. The van der Waals surface area contributed by atoms with E-state index in [1.165, 1.54) is 21.6 Å². The van der Waals surface area contributed by atoms with E-state index in [-0.39, 0.29) is 5.92 Å². The molecule has 0 aromatic heterocycles. The predicted molar refractivity (Wildman–Crippen MR) is 103 cm³/mol. The average molecular weight is 348 g/mol. The number of hydrogen-bond acceptors (Lipinski definition) is 3. The number of thioether (sulfide) groups is 1. The molecular formula is C22H20O2S. The molecule has 1 aliphatic rings. The van der Waals surface area contributed by atoms with E-state index in [1.54, 1.807) is 13.2 Å². The van der Waals surface area contributed by atoms with E-state index in [9.17, 15) is 5.11 Å². The van der Waals surface area contributed by atoms with Crippen LogP contribution < -0.4 is 4.74 Å². The van der Waals surface area contributed by atoms with E-state index in [2.05, 4.69) is 48.5 Å². The largest absolute Gasteiger partial charge is 0.508 e. The van der Waals surface area contributed by atoms with Crippen molar-refractivity contribution in [2.45, 2.75) is 16.7 Å². The molecule has 0 saturated carbocycles. The first-order chi connectivity index (χ1) is 12.3. The van der Waals surface area contributed by atoms with Gasteiger partial charge in [-0.15, -0.1) is 11.8 Å². The van der Waals surface area contributed by atoms with E-state index >= 15 is 0 Å². The molecule has 0 amide bonds. The zero-order valence-electron chi connectivity index (χ0n) is 14.1. The highest BCUT2D eigenvalue weighted by Crippen LogP contribution is 2.49. The number of fused-ring (bicyclic) bond motifs is 1. The summed E-state index contributed by atoms with van der Waals surface area (Å²) in [6, 6.07) is 24.8. The zero-order chi connectivity index (χ0) is 17.2. The van der Waals surface area contributed by atoms with Crippen molar-refractivity contribution in [2.24, 2.45) is 0 Å². The van der Waals surface area contributed by atoms with Crippen LogP contribution in [0, 0.1) is 0 Å². The number of rotatable bonds is 3. The molecule has 126 valence electrons. The molecule has 2 nitrogen and oxygen atoms in total. The highest BCUT2D eigenvalue weighted by Gasteiger charge is 2.32. The lowest BCUT2D eigenvalue weighted by Gasteiger charge is -2.34. The lowest BCUT2D eigenvalue weighted by atomic mass is 9.77. The molecule has 2 unspecified atom stereocenters. The van der Waals surface area contributed by atoms with E-state index < -0.39 is 0 Å². The molecule has 2 atom stereocenters. The first-order valence-corrected chi connectivity index (χ1v) is 9.39. The predicted octanol–water partition coefficient (Wildman–Crippen LogP) is 5.42. The van der Waals surface area contributed by atoms with Crippen LogP contribution in [0.5, 0.6) is 11.5 Å². The van der Waals surface area contributed by atoms with E-state index in [0.29, 0.717) is 11.7 Å². The Balaban J connectivity index is 1.81. The summed E-state index contributed by atoms with van der Waals surface area (Å²) < 4.78 is 5.30. The fraction of sp³-hybridized carbons (Fsp3) is 0.182. The van der Waals surface area contributed by atoms with Crippen LogP contribution in [-0.4, -0.2) is 18.0 Å². The third-order valence-corrected chi connectivity index (χ3v) is 6.05. The van der Waals surface area contributed by atoms with Crippen molar-refractivity contribution in [3.63, 3.8) is 0 Å². The third kappa shape index (κ3) is 3.12. The number of benzene rings is 3. The molecule has 0 aliphatic carbocycles. The molecule has 0 radical (unpaired) electrons. The van der Waals surface area contributed by atoms with Gasteiger partial charge in [-0.1, -0.05) is 48.5 Å². The van der Waals surface area contributed by atoms with Crippen LogP contribution in [0.1, 0.15) is 28.5 Å². The van der Waals surface area contributed by atoms with Gasteiger partial charge in [-0.2, -0.15) is 0 Å². The van der Waals surface area contributed by atoms with Crippen LogP contribution in [0.2, 0.25) is 0 Å². The first kappa shape index (κ1) is 16.1. The van der Waals surface area contributed by atoms with E-state index in [0.717, 1.165) is 11.5 Å². The van der Waals surface area contributed by atoms with Crippen LogP contribution >= 0.6 is 11.8 Å². The Morgan fingerprint density at radius 2 is 1.68 bits per heavy atom. The molecule has 1 heterocycles. The SMILES string of the molecule is COc1ccc(C2CSc3cc(O)ccc3C2c2ccccc2)cc1. The number of aromatic hydroxyl groups is 1. The van der Waals surface area contributed by atoms with Gasteiger partial charge in [0.2, 0.25) is 0 Å². The molecule has 0 saturated heterocycles. The zero-order valence-corrected chi connectivity index (χ0v) is 14.9. The summed E-state index contributed by atoms with van der Waals surface area (Å²) in [5, 5.41) is 9.86. The van der Waals surface area contributed by atoms with Crippen LogP contribution in [0.4, 0.5) is 0 Å². The standard InChI is InChI=1S/C22H20O2S/c1-24-18-10-7-15(8-11-18)20-14-25-21-13-17(23)9-12-19(21)22(20)16-5-3-2-4-6-16/h2-13,20,22-23H,14H2,1H3. The van der Waals surface area contributed by atoms with Gasteiger partial charge in [0.25, 0.3) is 0 Å². The summed E-state index contributed by atoms with van der Waals surface area (Å²) in [6.07, 6.45) is 0. The number of phenolic OH excluding ortho intramolecular Hbond substituents is 1. The Kier molecular flexibility index (Phi) is 4.41. The Morgan fingerprint density at radius 1 is 0.920 bits per heavy atom. The molecule has 0 bridgehead atoms. The molecule has 1 aliphatic heterocycles. The number of hydrogen-bond donors (Lipinski definition) is 1. The first-order valence-electron chi connectivity index (χ1n) is 8.41. The van der Waals surface area contributed by atoms with Crippen LogP contribution in [-0.2, 0) is 0 Å². The van der Waals surface area contributed by atoms with Crippen molar-refractivity contribution in [1.82, 2.24) is 0 Å². The maximum atomic E-state index is 9.86. The molecule has 1 N–H and O–H groups in total. The smallest absolute Gasteiger partial charge is 0.118 e. The summed E-state index contributed by atoms with van der Waals surface area (Å²) in [5.41, 5.74) is 3.93. The Morgan fingerprint density at radius 3 is 2.40 bits per heavy atom. The van der Waals surface area contributed by atoms with Gasteiger partial charge in [-0.05, 0) is 41.0 Å². The highest BCUT2D eigenvalue weighted by molar-refractivity contribution is 7.99. The summed E-state index contributed by atoms with van der Waals surface area (Å²) in [6.45, 7) is 0. The van der Waals surface area contributed by atoms with Crippen LogP contribution in [0.15, 0.2) is 77.7 Å². The lowest BCUT2D eigenvalue weighted by Crippen LogP contribution is -2.19. The van der Waals surface area contributed by atoms with Crippen molar-refractivity contribution >= 4 is 11.8 Å². The van der Waals surface area contributed by atoms with Crippen molar-refractivity contribution < 1.29 is 9.84 Å². The van der Waals surface area contributed by atoms with Gasteiger partial charge < -0.3 is 9.84 Å². The van der Waals surface area contributed by atoms with Crippen molar-refractivity contribution in [1.29, 1.82) is 0 Å². The molecule has 3 aromatic carbocycles. The molecule has 0 spiro atoms. The van der Waals surface area contributed by atoms with E-state index in [4.69, 9.17) is 4.74 Å². The normalized spacial score (nSPS) is 19.2. The second-order valence-electron chi connectivity index (χ2n) is 6.30. The molecule has 3 aromatic rings. The fourth-order valence-corrected chi connectivity index (χ4v) is 4.92. The van der Waals surface area contributed by atoms with Gasteiger partial charge in [0.15, 0.2) is 0 Å². The minimum atomic E-state index is 0.284. The van der Waals surface area contributed by atoms with Gasteiger partial charge in [0.05, 0.1) is 7.11 Å². The van der Waals surface area contributed by atoms with Gasteiger partial charge in [0.1, 0.15) is 11.5 Å². The quantitative estimate of drug-likeness (QED) is 0.685. The number of phenols is 1. The van der Waals surface area contributed by atoms with Gasteiger partial charge in [-0.3, -0.25) is 0 Å². The second-order valence-corrected chi connectivity index (χ2v) is 7.36. The molecule has 4 rings (SSSR count). The van der Waals surface area contributed by atoms with Crippen molar-refractivity contribution in [3.8, 4) is 11.5 Å². The van der Waals surface area contributed by atoms with Crippen LogP contribution in [0.3, 0.4) is 0 Å². The molecule has 3 heteroatoms. The van der Waals surface area contributed by atoms with E-state index in [1.807, 2.05) is 30.0 Å². The van der Waals surface area contributed by atoms with Crippen molar-refractivity contribution in [2.75, 3.05) is 12.9 Å². The highest BCUT2D eigenvalue weighted by atomic mass is 32.2. The maximum absolute atomic E-state index is 9.86. The third-order valence-electron chi connectivity index (χ3n) is 4.86. The Bertz CT molecular complexity index is 859. The summed E-state index contributed by atoms with van der Waals surface area (Å²) in [5.74, 6) is 2.87. The fourth-order valence-electron chi connectivity index (χ4n) is 3.61. The second kappa shape index (κ2) is 6.85. The average Bonchev–Trinajstić information content (AvgIpc) is 2.67. The summed E-state index contributed by atoms with van der Waals surface area (Å²) in [7, 11) is 1.70.